The number of nitrogens with one attached hydrogen (secondary N) is 1. The fourth-order valence-corrected chi connectivity index (χ4v) is 1.55. The van der Waals surface area contributed by atoms with E-state index in [1.807, 2.05) is 0 Å². The van der Waals surface area contributed by atoms with Gasteiger partial charge in [-0.25, -0.2) is 4.39 Å². The van der Waals surface area contributed by atoms with Gasteiger partial charge in [-0.2, -0.15) is 5.10 Å². The van der Waals surface area contributed by atoms with Crippen LogP contribution in [-0.4, -0.2) is 17.0 Å². The van der Waals surface area contributed by atoms with Crippen molar-refractivity contribution in [2.75, 3.05) is 0 Å². The minimum atomic E-state index is -0.304. The van der Waals surface area contributed by atoms with E-state index in [0.29, 0.717) is 4.62 Å². The summed E-state index contributed by atoms with van der Waals surface area (Å²) in [5.74, 6) is -0.373. The second-order valence-corrected chi connectivity index (χ2v) is 3.18. The summed E-state index contributed by atoms with van der Waals surface area (Å²) >= 11 is 3.21. The van der Waals surface area contributed by atoms with Crippen LogP contribution in [0.5, 0.6) is 0 Å². The van der Waals surface area contributed by atoms with Crippen LogP contribution < -0.4 is 5.43 Å². The smallest absolute Gasteiger partial charge is 0.146 e. The van der Waals surface area contributed by atoms with Gasteiger partial charge in [0.25, 0.3) is 0 Å². The lowest BCUT2D eigenvalue weighted by Crippen LogP contribution is -2.27. The molecule has 3 nitrogen and oxygen atoms in total. The molecular weight excluding hydrogens is 213 g/mol. The Morgan fingerprint density at radius 3 is 3.27 bits per heavy atom. The van der Waals surface area contributed by atoms with Gasteiger partial charge >= 0.3 is 0 Å². The van der Waals surface area contributed by atoms with E-state index in [9.17, 15) is 4.39 Å². The molecule has 0 saturated carbocycles. The van der Waals surface area contributed by atoms with E-state index < -0.39 is 0 Å². The maximum absolute atomic E-state index is 12.6. The van der Waals surface area contributed by atoms with Crippen LogP contribution in [0.2, 0.25) is 0 Å². The zero-order valence-electron chi connectivity index (χ0n) is 5.46. The second-order valence-electron chi connectivity index (χ2n) is 2.36. The normalized spacial score (nSPS) is 34.0. The SMILES string of the molecule is FC1=CC2C(Br)=NNC2N=C1. The third-order valence-corrected chi connectivity index (χ3v) is 2.32. The van der Waals surface area contributed by atoms with Crippen LogP contribution in [0.4, 0.5) is 4.39 Å². The highest BCUT2D eigenvalue weighted by Gasteiger charge is 2.30. The van der Waals surface area contributed by atoms with Crippen LogP contribution in [0.15, 0.2) is 22.0 Å². The monoisotopic (exact) mass is 217 g/mol. The molecule has 0 bridgehead atoms. The molecule has 2 rings (SSSR count). The van der Waals surface area contributed by atoms with E-state index in [1.54, 1.807) is 0 Å². The van der Waals surface area contributed by atoms with E-state index >= 15 is 0 Å². The molecule has 1 N–H and O–H groups in total. The fraction of sp³-hybridized carbons (Fsp3) is 0.333. The van der Waals surface area contributed by atoms with Gasteiger partial charge in [0, 0.05) is 0 Å². The number of hydrogen-bond donors (Lipinski definition) is 1. The Labute approximate surface area is 71.2 Å². The van der Waals surface area contributed by atoms with Gasteiger partial charge in [-0.3, -0.25) is 10.4 Å². The molecule has 0 radical (unpaired) electrons. The molecule has 0 spiro atoms. The van der Waals surface area contributed by atoms with E-state index in [-0.39, 0.29) is 17.9 Å². The highest BCUT2D eigenvalue weighted by atomic mass is 79.9. The van der Waals surface area contributed by atoms with Crippen LogP contribution in [0.3, 0.4) is 0 Å². The number of nitrogens with zero attached hydrogens (tertiary/aromatic N) is 2. The largest absolute Gasteiger partial charge is 0.284 e. The number of halogens is 2. The average molecular weight is 218 g/mol. The number of fused-ring (bicyclic) bond motifs is 1. The first-order chi connectivity index (χ1) is 5.27. The fourth-order valence-electron chi connectivity index (χ4n) is 1.06. The summed E-state index contributed by atoms with van der Waals surface area (Å²) < 4.78 is 13.3. The number of hydrogen-bond acceptors (Lipinski definition) is 3. The Bertz CT molecular complexity index is 271. The molecule has 0 aromatic rings. The molecule has 0 aromatic heterocycles. The third-order valence-electron chi connectivity index (χ3n) is 1.62. The van der Waals surface area contributed by atoms with Crippen LogP contribution >= 0.6 is 15.9 Å². The Morgan fingerprint density at radius 1 is 1.64 bits per heavy atom. The van der Waals surface area contributed by atoms with Crippen molar-refractivity contribution < 1.29 is 4.39 Å². The van der Waals surface area contributed by atoms with Gasteiger partial charge in [-0.15, -0.1) is 0 Å². The van der Waals surface area contributed by atoms with Crippen molar-refractivity contribution in [2.45, 2.75) is 6.17 Å². The van der Waals surface area contributed by atoms with Crippen molar-refractivity contribution in [3.05, 3.63) is 11.9 Å². The molecule has 2 aliphatic rings. The van der Waals surface area contributed by atoms with Gasteiger partial charge in [-0.1, -0.05) is 0 Å². The second kappa shape index (κ2) is 2.41. The average Bonchev–Trinajstić information content (AvgIpc) is 2.33. The summed E-state index contributed by atoms with van der Waals surface area (Å²) in [6, 6.07) is 0. The number of hydrazone groups is 1. The number of allylic oxidation sites excluding steroid dienone is 1. The van der Waals surface area contributed by atoms with Crippen LogP contribution in [-0.2, 0) is 0 Å². The molecule has 2 aliphatic heterocycles. The van der Waals surface area contributed by atoms with Crippen LogP contribution in [0.1, 0.15) is 0 Å². The molecule has 0 amide bonds. The predicted molar refractivity (Wildman–Crippen MR) is 44.5 cm³/mol. The molecule has 58 valence electrons. The summed E-state index contributed by atoms with van der Waals surface area (Å²) in [7, 11) is 0. The molecule has 0 aliphatic carbocycles. The van der Waals surface area contributed by atoms with Gasteiger partial charge in [0.15, 0.2) is 0 Å². The number of rotatable bonds is 0. The summed E-state index contributed by atoms with van der Waals surface area (Å²) in [4.78, 5) is 3.90. The van der Waals surface area contributed by atoms with E-state index in [0.717, 1.165) is 0 Å². The van der Waals surface area contributed by atoms with Gasteiger partial charge in [0.05, 0.1) is 12.1 Å². The molecule has 2 atom stereocenters. The Kier molecular flexibility index (Phi) is 1.52. The summed E-state index contributed by atoms with van der Waals surface area (Å²) in [6.45, 7) is 0. The van der Waals surface area contributed by atoms with Gasteiger partial charge in [0.1, 0.15) is 16.6 Å². The standard InChI is InChI=1S/C6H5BrFN3/c7-5-4-1-3(8)2-9-6(4)11-10-5/h1-2,4,6,11H. The molecule has 0 saturated heterocycles. The van der Waals surface area contributed by atoms with E-state index in [4.69, 9.17) is 0 Å². The van der Waals surface area contributed by atoms with Crippen molar-refractivity contribution in [2.24, 2.45) is 16.0 Å². The van der Waals surface area contributed by atoms with Crippen molar-refractivity contribution >= 4 is 26.8 Å². The Balaban J connectivity index is 2.29. The summed E-state index contributed by atoms with van der Waals surface area (Å²) in [5, 5.41) is 3.87. The molecule has 2 unspecified atom stereocenters. The van der Waals surface area contributed by atoms with Crippen molar-refractivity contribution in [3.8, 4) is 0 Å². The van der Waals surface area contributed by atoms with Crippen LogP contribution in [0.25, 0.3) is 0 Å². The van der Waals surface area contributed by atoms with Crippen molar-refractivity contribution in [1.29, 1.82) is 0 Å². The third kappa shape index (κ3) is 1.09. The molecular formula is C6H5BrFN3. The minimum Gasteiger partial charge on any atom is -0.284 e. The molecule has 5 heteroatoms. The molecule has 2 heterocycles. The zero-order valence-corrected chi connectivity index (χ0v) is 7.05. The highest BCUT2D eigenvalue weighted by molar-refractivity contribution is 9.18. The lowest BCUT2D eigenvalue weighted by molar-refractivity contribution is 0.531. The van der Waals surface area contributed by atoms with Gasteiger partial charge < -0.3 is 0 Å². The first-order valence-corrected chi connectivity index (χ1v) is 3.96. The van der Waals surface area contributed by atoms with Gasteiger partial charge in [0.2, 0.25) is 0 Å². The Hall–Kier alpha value is -0.710. The van der Waals surface area contributed by atoms with E-state index in [1.165, 1.54) is 12.3 Å². The minimum absolute atomic E-state index is 0.0694. The first kappa shape index (κ1) is 6.97. The Morgan fingerprint density at radius 2 is 2.45 bits per heavy atom. The molecule has 11 heavy (non-hydrogen) atoms. The zero-order chi connectivity index (χ0) is 7.84. The number of aliphatic imine (C=N–C) groups is 1. The molecule has 0 aromatic carbocycles. The van der Waals surface area contributed by atoms with Gasteiger partial charge in [-0.05, 0) is 22.0 Å². The quantitative estimate of drug-likeness (QED) is 0.651. The number of dihydropyridines is 1. The van der Waals surface area contributed by atoms with Crippen molar-refractivity contribution in [1.82, 2.24) is 5.43 Å². The van der Waals surface area contributed by atoms with E-state index in [2.05, 4.69) is 31.4 Å². The molecule has 0 fully saturated rings. The maximum atomic E-state index is 12.6. The lowest BCUT2D eigenvalue weighted by atomic mass is 10.1. The highest BCUT2D eigenvalue weighted by Crippen LogP contribution is 2.23. The van der Waals surface area contributed by atoms with Crippen LogP contribution in [0, 0.1) is 5.92 Å². The lowest BCUT2D eigenvalue weighted by Gasteiger charge is -2.13. The summed E-state index contributed by atoms with van der Waals surface area (Å²) in [5.41, 5.74) is 2.76. The van der Waals surface area contributed by atoms with Crippen molar-refractivity contribution in [3.63, 3.8) is 0 Å². The first-order valence-electron chi connectivity index (χ1n) is 3.16. The topological polar surface area (TPSA) is 36.8 Å². The summed E-state index contributed by atoms with van der Waals surface area (Å²) in [6.07, 6.45) is 2.57. The predicted octanol–water partition coefficient (Wildman–Crippen LogP) is 1.18. The maximum Gasteiger partial charge on any atom is 0.146 e.